The highest BCUT2D eigenvalue weighted by molar-refractivity contribution is 5.96. The molecule has 8 heteroatoms. The zero-order chi connectivity index (χ0) is 13.9. The Morgan fingerprint density at radius 3 is 2.50 bits per heavy atom. The predicted molar refractivity (Wildman–Crippen MR) is 54.2 cm³/mol. The van der Waals surface area contributed by atoms with Crippen molar-refractivity contribution in [2.24, 2.45) is 0 Å². The molecule has 0 bridgehead atoms. The lowest BCUT2D eigenvalue weighted by atomic mass is 10.2. The molecule has 100 valence electrons. The molecule has 18 heavy (non-hydrogen) atoms. The Morgan fingerprint density at radius 1 is 1.44 bits per heavy atom. The minimum atomic E-state index is -4.80. The van der Waals surface area contributed by atoms with E-state index in [9.17, 15) is 27.5 Å². The Bertz CT molecular complexity index is 451. The summed E-state index contributed by atoms with van der Waals surface area (Å²) in [7, 11) is 1.26. The van der Waals surface area contributed by atoms with Crippen molar-refractivity contribution in [3.8, 4) is 11.5 Å². The van der Waals surface area contributed by atoms with Crippen LogP contribution in [0.5, 0.6) is 11.5 Å². The third kappa shape index (κ3) is 2.82. The zero-order valence-electron chi connectivity index (χ0n) is 9.08. The predicted octanol–water partition coefficient (Wildman–Crippen LogP) is 2.24. The maximum absolute atomic E-state index is 12.6. The van der Waals surface area contributed by atoms with Crippen LogP contribution in [0.15, 0.2) is 18.2 Å². The number of phenols is 1. The van der Waals surface area contributed by atoms with E-state index in [1.54, 1.807) is 5.32 Å². The molecule has 0 atom stereocenters. The number of carbonyl (C=O) groups excluding carboxylic acids is 1. The fourth-order valence-electron chi connectivity index (χ4n) is 1.08. The number of benzene rings is 1. The topological polar surface area (TPSA) is 58.6 Å². The second kappa shape index (κ2) is 5.11. The smallest absolute Gasteiger partial charge is 0.383 e. The van der Waals surface area contributed by atoms with Crippen LogP contribution in [0, 0.1) is 0 Å². The lowest BCUT2D eigenvalue weighted by Gasteiger charge is -2.15. The summed E-state index contributed by atoms with van der Waals surface area (Å²) in [5, 5.41) is 10.9. The van der Waals surface area contributed by atoms with E-state index in [0.29, 0.717) is 0 Å². The first kappa shape index (κ1) is 14.1. The Hall–Kier alpha value is -1.99. The number of nitrogens with one attached hydrogen (secondary N) is 1. The fraction of sp³-hybridized carbons (Fsp3) is 0.300. The van der Waals surface area contributed by atoms with E-state index in [2.05, 4.69) is 4.74 Å². The second-order valence-electron chi connectivity index (χ2n) is 3.26. The lowest BCUT2D eigenvalue weighted by Crippen LogP contribution is -2.40. The number of aromatic hydroxyl groups is 1. The van der Waals surface area contributed by atoms with Gasteiger partial charge in [0.2, 0.25) is 0 Å². The number of phenolic OH excluding ortho intramolecular Hbond substituents is 1. The third-order valence-electron chi connectivity index (χ3n) is 2.01. The van der Waals surface area contributed by atoms with Gasteiger partial charge in [0.05, 0.1) is 7.11 Å². The van der Waals surface area contributed by atoms with Gasteiger partial charge in [-0.3, -0.25) is 4.79 Å². The summed E-state index contributed by atoms with van der Waals surface area (Å²) in [6, 6.07) is 3.21. The minimum Gasteiger partial charge on any atom is -0.504 e. The highest BCUT2D eigenvalue weighted by atomic mass is 19.3. The van der Waals surface area contributed by atoms with Crippen LogP contribution in [-0.2, 0) is 4.79 Å². The summed E-state index contributed by atoms with van der Waals surface area (Å²) >= 11 is 0. The van der Waals surface area contributed by atoms with Crippen LogP contribution in [0.4, 0.5) is 23.2 Å². The standard InChI is InChI=1S/C10H9F4NO3/c1-18-7-3-2-5(4-6(7)16)15-9(17)10(13,14)8(11)12/h2-4,8,16H,1H3,(H,15,17). The molecule has 0 unspecified atom stereocenters. The molecule has 0 aliphatic carbocycles. The first-order chi connectivity index (χ1) is 8.28. The number of ether oxygens (including phenoxy) is 1. The number of rotatable bonds is 4. The summed E-state index contributed by atoms with van der Waals surface area (Å²) < 4.78 is 53.7. The van der Waals surface area contributed by atoms with Crippen LogP contribution >= 0.6 is 0 Å². The largest absolute Gasteiger partial charge is 0.504 e. The summed E-state index contributed by atoms with van der Waals surface area (Å²) in [5.74, 6) is -7.32. The van der Waals surface area contributed by atoms with Crippen LogP contribution in [0.2, 0.25) is 0 Å². The Kier molecular flexibility index (Phi) is 4.00. The van der Waals surface area contributed by atoms with Crippen LogP contribution in [0.3, 0.4) is 0 Å². The average molecular weight is 267 g/mol. The monoisotopic (exact) mass is 267 g/mol. The van der Waals surface area contributed by atoms with Crippen molar-refractivity contribution in [1.82, 2.24) is 0 Å². The van der Waals surface area contributed by atoms with Gasteiger partial charge in [0.25, 0.3) is 0 Å². The number of hydrogen-bond donors (Lipinski definition) is 2. The lowest BCUT2D eigenvalue weighted by molar-refractivity contribution is -0.163. The van der Waals surface area contributed by atoms with Crippen LogP contribution in [0.25, 0.3) is 0 Å². The SMILES string of the molecule is COc1ccc(NC(=O)C(F)(F)C(F)F)cc1O. The number of alkyl halides is 4. The molecule has 1 aromatic carbocycles. The van der Waals surface area contributed by atoms with Crippen molar-refractivity contribution in [3.63, 3.8) is 0 Å². The summed E-state index contributed by atoms with van der Waals surface area (Å²) in [4.78, 5) is 10.9. The van der Waals surface area contributed by atoms with Gasteiger partial charge in [0.1, 0.15) is 0 Å². The van der Waals surface area contributed by atoms with E-state index in [-0.39, 0.29) is 11.4 Å². The van der Waals surface area contributed by atoms with E-state index in [4.69, 9.17) is 0 Å². The molecular weight excluding hydrogens is 258 g/mol. The van der Waals surface area contributed by atoms with Gasteiger partial charge in [-0.15, -0.1) is 0 Å². The van der Waals surface area contributed by atoms with Crippen molar-refractivity contribution >= 4 is 11.6 Å². The zero-order valence-corrected chi connectivity index (χ0v) is 9.08. The molecule has 0 aromatic heterocycles. The number of amides is 1. The van der Waals surface area contributed by atoms with E-state index in [1.807, 2.05) is 0 Å². The van der Waals surface area contributed by atoms with Crippen LogP contribution < -0.4 is 10.1 Å². The minimum absolute atomic E-state index is 0.0496. The summed E-state index contributed by atoms with van der Waals surface area (Å²) in [6.07, 6.45) is -4.11. The highest BCUT2D eigenvalue weighted by Gasteiger charge is 2.48. The van der Waals surface area contributed by atoms with E-state index in [1.165, 1.54) is 13.2 Å². The number of carbonyl (C=O) groups is 1. The fourth-order valence-corrected chi connectivity index (χ4v) is 1.08. The van der Waals surface area contributed by atoms with Crippen molar-refractivity contribution in [1.29, 1.82) is 0 Å². The summed E-state index contributed by atoms with van der Waals surface area (Å²) in [5.41, 5.74) is -0.251. The quantitative estimate of drug-likeness (QED) is 0.822. The highest BCUT2D eigenvalue weighted by Crippen LogP contribution is 2.30. The molecule has 0 spiro atoms. The normalized spacial score (nSPS) is 11.4. The van der Waals surface area contributed by atoms with Gasteiger partial charge >= 0.3 is 18.3 Å². The maximum Gasteiger partial charge on any atom is 0.383 e. The van der Waals surface area contributed by atoms with Gasteiger partial charge in [-0.25, -0.2) is 8.78 Å². The molecule has 2 N–H and O–H groups in total. The molecule has 0 aliphatic rings. The van der Waals surface area contributed by atoms with E-state index >= 15 is 0 Å². The van der Waals surface area contributed by atoms with Crippen LogP contribution in [0.1, 0.15) is 0 Å². The van der Waals surface area contributed by atoms with Crippen LogP contribution in [-0.4, -0.2) is 30.5 Å². The first-order valence-electron chi connectivity index (χ1n) is 4.63. The second-order valence-corrected chi connectivity index (χ2v) is 3.26. The van der Waals surface area contributed by atoms with Crippen molar-refractivity contribution in [2.75, 3.05) is 12.4 Å². The Morgan fingerprint density at radius 2 is 2.06 bits per heavy atom. The Labute approximate surface area is 99.2 Å². The van der Waals surface area contributed by atoms with Gasteiger partial charge < -0.3 is 15.2 Å². The van der Waals surface area contributed by atoms with Crippen molar-refractivity contribution in [2.45, 2.75) is 12.3 Å². The van der Waals surface area contributed by atoms with Gasteiger partial charge in [-0.1, -0.05) is 0 Å². The molecule has 0 saturated carbocycles. The number of halogens is 4. The molecule has 1 amide bonds. The van der Waals surface area contributed by atoms with Gasteiger partial charge in [-0.05, 0) is 12.1 Å². The molecule has 0 aliphatic heterocycles. The van der Waals surface area contributed by atoms with Gasteiger partial charge in [0, 0.05) is 11.8 Å². The molecule has 1 rings (SSSR count). The van der Waals surface area contributed by atoms with Crippen molar-refractivity contribution < 1.29 is 32.2 Å². The number of hydrogen-bond acceptors (Lipinski definition) is 3. The molecule has 0 fully saturated rings. The third-order valence-corrected chi connectivity index (χ3v) is 2.01. The van der Waals surface area contributed by atoms with Crippen molar-refractivity contribution in [3.05, 3.63) is 18.2 Å². The Balaban J connectivity index is 2.86. The molecule has 0 heterocycles. The molecule has 1 aromatic rings. The molecule has 0 saturated heterocycles. The molecule has 4 nitrogen and oxygen atoms in total. The first-order valence-corrected chi connectivity index (χ1v) is 4.63. The molecular formula is C10H9F4NO3. The van der Waals surface area contributed by atoms with E-state index < -0.39 is 24.0 Å². The average Bonchev–Trinajstić information content (AvgIpc) is 2.28. The number of methoxy groups -OCH3 is 1. The van der Waals surface area contributed by atoms with Gasteiger partial charge in [-0.2, -0.15) is 8.78 Å². The van der Waals surface area contributed by atoms with Gasteiger partial charge in [0.15, 0.2) is 11.5 Å². The number of anilines is 1. The molecule has 0 radical (unpaired) electrons. The van der Waals surface area contributed by atoms with E-state index in [0.717, 1.165) is 12.1 Å². The maximum atomic E-state index is 12.6. The summed E-state index contributed by atoms with van der Waals surface area (Å²) in [6.45, 7) is 0.